The number of esters is 1. The van der Waals surface area contributed by atoms with Crippen LogP contribution < -0.4 is 5.73 Å². The lowest BCUT2D eigenvalue weighted by molar-refractivity contribution is -0.156. The van der Waals surface area contributed by atoms with Gasteiger partial charge in [-0.05, 0) is 25.5 Å². The van der Waals surface area contributed by atoms with Crippen LogP contribution in [0.4, 0.5) is 5.69 Å². The Kier molecular flexibility index (Phi) is 4.31. The highest BCUT2D eigenvalue weighted by molar-refractivity contribution is 5.77. The molecule has 0 amide bonds. The summed E-state index contributed by atoms with van der Waals surface area (Å²) in [6, 6.07) is 6.99. The molecule has 0 radical (unpaired) electrons. The van der Waals surface area contributed by atoms with Crippen molar-refractivity contribution in [2.45, 2.75) is 20.3 Å². The molecule has 0 aliphatic heterocycles. The van der Waals surface area contributed by atoms with Crippen LogP contribution in [0.25, 0.3) is 0 Å². The number of rotatable bonds is 5. The predicted octanol–water partition coefficient (Wildman–Crippen LogP) is 1.47. The van der Waals surface area contributed by atoms with Crippen molar-refractivity contribution in [2.24, 2.45) is 5.41 Å². The molecule has 0 heterocycles. The smallest absolute Gasteiger partial charge is 0.312 e. The van der Waals surface area contributed by atoms with E-state index in [1.807, 2.05) is 0 Å². The van der Waals surface area contributed by atoms with Gasteiger partial charge in [-0.3, -0.25) is 9.59 Å². The van der Waals surface area contributed by atoms with Crippen molar-refractivity contribution in [3.63, 3.8) is 0 Å². The minimum atomic E-state index is -1.09. The van der Waals surface area contributed by atoms with Crippen molar-refractivity contribution >= 4 is 17.6 Å². The number of nitrogens with two attached hydrogens (primary N) is 1. The van der Waals surface area contributed by atoms with E-state index in [-0.39, 0.29) is 13.0 Å². The summed E-state index contributed by atoms with van der Waals surface area (Å²) >= 11 is 0. The molecule has 0 saturated heterocycles. The SMILES string of the molecule is CC(C)(COC(=O)Cc1ccccc1N)C(=O)O. The highest BCUT2D eigenvalue weighted by Crippen LogP contribution is 2.17. The normalized spacial score (nSPS) is 11.0. The molecule has 1 aromatic rings. The van der Waals surface area contributed by atoms with Gasteiger partial charge in [0.05, 0.1) is 11.8 Å². The van der Waals surface area contributed by atoms with E-state index in [4.69, 9.17) is 15.6 Å². The number of carbonyl (C=O) groups excluding carboxylic acids is 1. The Labute approximate surface area is 106 Å². The Morgan fingerprint density at radius 3 is 2.50 bits per heavy atom. The molecule has 18 heavy (non-hydrogen) atoms. The number of hydrogen-bond donors (Lipinski definition) is 2. The monoisotopic (exact) mass is 251 g/mol. The first-order chi connectivity index (χ1) is 8.33. The Morgan fingerprint density at radius 1 is 1.33 bits per heavy atom. The van der Waals surface area contributed by atoms with Gasteiger partial charge >= 0.3 is 11.9 Å². The average Bonchev–Trinajstić information content (AvgIpc) is 2.29. The number of para-hydroxylation sites is 1. The molecule has 1 aromatic carbocycles. The fourth-order valence-corrected chi connectivity index (χ4v) is 1.22. The minimum absolute atomic E-state index is 0.0440. The average molecular weight is 251 g/mol. The van der Waals surface area contributed by atoms with E-state index in [0.717, 1.165) is 0 Å². The number of carboxylic acids is 1. The molecule has 98 valence electrons. The third kappa shape index (κ3) is 3.76. The quantitative estimate of drug-likeness (QED) is 0.611. The molecule has 5 nitrogen and oxygen atoms in total. The topological polar surface area (TPSA) is 89.6 Å². The second kappa shape index (κ2) is 5.53. The molecule has 0 saturated carbocycles. The number of carboxylic acid groups (broad SMARTS) is 1. The second-order valence-corrected chi connectivity index (χ2v) is 4.73. The van der Waals surface area contributed by atoms with Crippen LogP contribution in [0, 0.1) is 5.41 Å². The molecule has 0 spiro atoms. The fourth-order valence-electron chi connectivity index (χ4n) is 1.22. The van der Waals surface area contributed by atoms with E-state index in [0.29, 0.717) is 11.3 Å². The summed E-state index contributed by atoms with van der Waals surface area (Å²) in [7, 11) is 0. The van der Waals surface area contributed by atoms with Crippen molar-refractivity contribution in [2.75, 3.05) is 12.3 Å². The van der Waals surface area contributed by atoms with E-state index in [1.54, 1.807) is 24.3 Å². The van der Waals surface area contributed by atoms with Crippen molar-refractivity contribution < 1.29 is 19.4 Å². The molecular formula is C13H17NO4. The van der Waals surface area contributed by atoms with Gasteiger partial charge in [-0.25, -0.2) is 0 Å². The molecule has 0 unspecified atom stereocenters. The van der Waals surface area contributed by atoms with Gasteiger partial charge in [0.1, 0.15) is 6.61 Å². The lowest BCUT2D eigenvalue weighted by Gasteiger charge is -2.18. The first kappa shape index (κ1) is 14.0. The van der Waals surface area contributed by atoms with Crippen LogP contribution in [0.2, 0.25) is 0 Å². The number of ether oxygens (including phenoxy) is 1. The zero-order chi connectivity index (χ0) is 13.8. The zero-order valence-electron chi connectivity index (χ0n) is 10.5. The number of anilines is 1. The lowest BCUT2D eigenvalue weighted by Crippen LogP contribution is -2.30. The van der Waals surface area contributed by atoms with E-state index >= 15 is 0 Å². The maximum atomic E-state index is 11.6. The van der Waals surface area contributed by atoms with Crippen molar-refractivity contribution in [1.29, 1.82) is 0 Å². The van der Waals surface area contributed by atoms with Gasteiger partial charge in [-0.2, -0.15) is 0 Å². The second-order valence-electron chi connectivity index (χ2n) is 4.73. The molecule has 0 aromatic heterocycles. The first-order valence-corrected chi connectivity index (χ1v) is 5.55. The molecule has 0 aliphatic rings. The molecule has 1 rings (SSSR count). The van der Waals surface area contributed by atoms with Crippen LogP contribution in [-0.2, 0) is 20.7 Å². The third-order valence-corrected chi connectivity index (χ3v) is 2.56. The summed E-state index contributed by atoms with van der Waals surface area (Å²) in [5, 5.41) is 8.88. The van der Waals surface area contributed by atoms with Crippen LogP contribution in [0.3, 0.4) is 0 Å². The number of nitrogen functional groups attached to an aromatic ring is 1. The molecule has 0 bridgehead atoms. The van der Waals surface area contributed by atoms with Crippen molar-refractivity contribution in [3.05, 3.63) is 29.8 Å². The first-order valence-electron chi connectivity index (χ1n) is 5.55. The summed E-state index contributed by atoms with van der Waals surface area (Å²) in [6.45, 7) is 2.84. The van der Waals surface area contributed by atoms with Crippen LogP contribution in [0.5, 0.6) is 0 Å². The van der Waals surface area contributed by atoms with Gasteiger partial charge in [0, 0.05) is 5.69 Å². The largest absolute Gasteiger partial charge is 0.481 e. The van der Waals surface area contributed by atoms with Crippen LogP contribution >= 0.6 is 0 Å². The summed E-state index contributed by atoms with van der Waals surface area (Å²) in [5.41, 5.74) is 5.81. The maximum Gasteiger partial charge on any atom is 0.312 e. The van der Waals surface area contributed by atoms with Crippen LogP contribution in [0.15, 0.2) is 24.3 Å². The highest BCUT2D eigenvalue weighted by atomic mass is 16.5. The predicted molar refractivity (Wildman–Crippen MR) is 66.9 cm³/mol. The summed E-state index contributed by atoms with van der Waals surface area (Å²) < 4.78 is 4.95. The van der Waals surface area contributed by atoms with Crippen LogP contribution in [-0.4, -0.2) is 23.7 Å². The lowest BCUT2D eigenvalue weighted by atomic mass is 9.95. The van der Waals surface area contributed by atoms with Crippen molar-refractivity contribution in [1.82, 2.24) is 0 Å². The molecule has 3 N–H and O–H groups in total. The third-order valence-electron chi connectivity index (χ3n) is 2.56. The van der Waals surface area contributed by atoms with Gasteiger partial charge in [-0.1, -0.05) is 18.2 Å². The van der Waals surface area contributed by atoms with Crippen molar-refractivity contribution in [3.8, 4) is 0 Å². The summed E-state index contributed by atoms with van der Waals surface area (Å²) in [4.78, 5) is 22.4. The van der Waals surface area contributed by atoms with Crippen LogP contribution in [0.1, 0.15) is 19.4 Å². The number of aliphatic carboxylic acids is 1. The molecule has 0 aliphatic carbocycles. The molecule has 5 heteroatoms. The molecule has 0 atom stereocenters. The van der Waals surface area contributed by atoms with E-state index < -0.39 is 17.4 Å². The van der Waals surface area contributed by atoms with Gasteiger partial charge in [0.2, 0.25) is 0 Å². The Bertz CT molecular complexity index is 454. The molecule has 0 fully saturated rings. The van der Waals surface area contributed by atoms with Gasteiger partial charge in [0.25, 0.3) is 0 Å². The standard InChI is InChI=1S/C13H17NO4/c1-13(2,12(16)17)8-18-11(15)7-9-5-3-4-6-10(9)14/h3-6H,7-8,14H2,1-2H3,(H,16,17). The minimum Gasteiger partial charge on any atom is -0.481 e. The Morgan fingerprint density at radius 2 is 1.94 bits per heavy atom. The summed E-state index contributed by atoms with van der Waals surface area (Å²) in [6.07, 6.45) is 0.0440. The fraction of sp³-hybridized carbons (Fsp3) is 0.385. The van der Waals surface area contributed by atoms with Gasteiger partial charge in [-0.15, -0.1) is 0 Å². The molecular weight excluding hydrogens is 234 g/mol. The van der Waals surface area contributed by atoms with Gasteiger partial charge < -0.3 is 15.6 Å². The Balaban J connectivity index is 2.54. The van der Waals surface area contributed by atoms with E-state index in [9.17, 15) is 9.59 Å². The maximum absolute atomic E-state index is 11.6. The van der Waals surface area contributed by atoms with Gasteiger partial charge in [0.15, 0.2) is 0 Å². The van der Waals surface area contributed by atoms with E-state index in [2.05, 4.69) is 0 Å². The highest BCUT2D eigenvalue weighted by Gasteiger charge is 2.29. The summed E-state index contributed by atoms with van der Waals surface area (Å²) in [5.74, 6) is -1.49. The Hall–Kier alpha value is -2.04. The number of carbonyl (C=O) groups is 2. The number of hydrogen-bond acceptors (Lipinski definition) is 4. The van der Waals surface area contributed by atoms with E-state index in [1.165, 1.54) is 13.8 Å². The number of benzene rings is 1. The zero-order valence-corrected chi connectivity index (χ0v) is 10.5.